The van der Waals surface area contributed by atoms with Crippen molar-refractivity contribution in [1.29, 1.82) is 0 Å². The molecule has 0 aromatic heterocycles. The Hall–Kier alpha value is -0.410. The molecule has 0 spiro atoms. The van der Waals surface area contributed by atoms with Gasteiger partial charge in [-0.25, -0.2) is 9.38 Å². The van der Waals surface area contributed by atoms with Gasteiger partial charge in [-0.05, 0) is 49.9 Å². The highest BCUT2D eigenvalue weighted by Crippen LogP contribution is 2.29. The number of hydrogen-bond donors (Lipinski definition) is 2. The summed E-state index contributed by atoms with van der Waals surface area (Å²) in [6.07, 6.45) is 3.87. The van der Waals surface area contributed by atoms with Gasteiger partial charge >= 0.3 is 0 Å². The number of rotatable bonds is 5. The molecule has 24 heavy (non-hydrogen) atoms. The summed E-state index contributed by atoms with van der Waals surface area (Å²) in [5, 5.41) is 6.81. The van der Waals surface area contributed by atoms with E-state index in [2.05, 4.69) is 43.4 Å². The van der Waals surface area contributed by atoms with Crippen LogP contribution >= 0.6 is 39.9 Å². The van der Waals surface area contributed by atoms with Gasteiger partial charge in [-0.2, -0.15) is 0 Å². The average Bonchev–Trinajstić information content (AvgIpc) is 3.28. The number of nitrogens with zero attached hydrogens (tertiary/aromatic N) is 2. The molecule has 1 aromatic carbocycles. The number of likely N-dealkylation sites (tertiary alicyclic amines) is 1. The third-order valence-electron chi connectivity index (χ3n) is 4.38. The van der Waals surface area contributed by atoms with Crippen LogP contribution in [0.3, 0.4) is 0 Å². The lowest BCUT2D eigenvalue weighted by Gasteiger charge is -2.18. The summed E-state index contributed by atoms with van der Waals surface area (Å²) in [4.78, 5) is 7.19. The Kier molecular flexibility index (Phi) is 7.74. The smallest absolute Gasteiger partial charge is 0.191 e. The molecular formula is C17H25BrFIN4. The van der Waals surface area contributed by atoms with E-state index in [4.69, 9.17) is 0 Å². The number of halogens is 3. The predicted molar refractivity (Wildman–Crippen MR) is 110 cm³/mol. The highest BCUT2D eigenvalue weighted by atomic mass is 127. The maximum absolute atomic E-state index is 13.4. The van der Waals surface area contributed by atoms with Crippen LogP contribution < -0.4 is 10.6 Å². The largest absolute Gasteiger partial charge is 0.357 e. The first-order valence-corrected chi connectivity index (χ1v) is 9.18. The first-order valence-electron chi connectivity index (χ1n) is 8.38. The van der Waals surface area contributed by atoms with E-state index >= 15 is 0 Å². The van der Waals surface area contributed by atoms with Crippen molar-refractivity contribution in [2.75, 3.05) is 19.6 Å². The van der Waals surface area contributed by atoms with E-state index in [1.54, 1.807) is 6.07 Å². The topological polar surface area (TPSA) is 39.7 Å². The summed E-state index contributed by atoms with van der Waals surface area (Å²) in [7, 11) is 0. The fourth-order valence-electron chi connectivity index (χ4n) is 3.02. The van der Waals surface area contributed by atoms with E-state index in [1.165, 1.54) is 31.5 Å². The van der Waals surface area contributed by atoms with Crippen LogP contribution in [0, 0.1) is 5.82 Å². The fourth-order valence-corrected chi connectivity index (χ4v) is 3.39. The van der Waals surface area contributed by atoms with Crippen molar-refractivity contribution in [2.24, 2.45) is 4.99 Å². The normalized spacial score (nSPS) is 21.5. The fraction of sp³-hybridized carbons (Fsp3) is 0.588. The maximum atomic E-state index is 13.4. The lowest BCUT2D eigenvalue weighted by molar-refractivity contribution is 0.321. The molecule has 2 N–H and O–H groups in total. The Labute approximate surface area is 168 Å². The molecule has 1 unspecified atom stereocenters. The molecule has 1 aliphatic carbocycles. The average molecular weight is 511 g/mol. The standard InChI is InChI=1S/C17H24BrFN4.HI/c1-2-20-17(21-10-12-9-13(19)3-6-16(12)18)22-14-7-8-23(11-14)15-4-5-15;/h3,6,9,14-15H,2,4-5,7-8,10-11H2,1H3,(H2,20,21,22);1H. The lowest BCUT2D eigenvalue weighted by Crippen LogP contribution is -2.44. The Morgan fingerprint density at radius 3 is 2.88 bits per heavy atom. The third kappa shape index (κ3) is 5.56. The van der Waals surface area contributed by atoms with Crippen LogP contribution in [0.25, 0.3) is 0 Å². The molecule has 2 fully saturated rings. The lowest BCUT2D eigenvalue weighted by atomic mass is 10.2. The molecule has 0 amide bonds. The number of benzene rings is 1. The minimum Gasteiger partial charge on any atom is -0.357 e. The summed E-state index contributed by atoms with van der Waals surface area (Å²) in [6.45, 7) is 5.60. The minimum absolute atomic E-state index is 0. The Balaban J connectivity index is 0.00000208. The number of aliphatic imine (C=N–C) groups is 1. The van der Waals surface area contributed by atoms with Crippen LogP contribution in [0.1, 0.15) is 31.7 Å². The molecule has 0 bridgehead atoms. The molecule has 134 valence electrons. The Morgan fingerprint density at radius 1 is 1.38 bits per heavy atom. The maximum Gasteiger partial charge on any atom is 0.191 e. The summed E-state index contributed by atoms with van der Waals surface area (Å²) < 4.78 is 14.3. The summed E-state index contributed by atoms with van der Waals surface area (Å²) >= 11 is 3.46. The first kappa shape index (κ1) is 19.9. The summed E-state index contributed by atoms with van der Waals surface area (Å²) in [5.74, 6) is 0.582. The number of guanidine groups is 1. The highest BCUT2D eigenvalue weighted by molar-refractivity contribution is 14.0. The van der Waals surface area contributed by atoms with Crippen molar-refractivity contribution in [3.8, 4) is 0 Å². The zero-order valence-electron chi connectivity index (χ0n) is 13.9. The van der Waals surface area contributed by atoms with Crippen molar-refractivity contribution in [3.63, 3.8) is 0 Å². The van der Waals surface area contributed by atoms with Crippen molar-refractivity contribution in [2.45, 2.75) is 44.8 Å². The SMILES string of the molecule is CCNC(=NCc1cc(F)ccc1Br)NC1CCN(C2CC2)C1.I. The van der Waals surface area contributed by atoms with Gasteiger partial charge in [-0.3, -0.25) is 4.90 Å². The molecule has 2 aliphatic rings. The van der Waals surface area contributed by atoms with Gasteiger partial charge in [0.25, 0.3) is 0 Å². The van der Waals surface area contributed by atoms with Gasteiger partial charge in [0.05, 0.1) is 6.54 Å². The zero-order valence-corrected chi connectivity index (χ0v) is 17.8. The van der Waals surface area contributed by atoms with Crippen LogP contribution in [0.5, 0.6) is 0 Å². The number of hydrogen-bond acceptors (Lipinski definition) is 2. The molecule has 1 aliphatic heterocycles. The van der Waals surface area contributed by atoms with E-state index in [1.807, 2.05) is 0 Å². The molecule has 1 saturated heterocycles. The molecule has 3 rings (SSSR count). The van der Waals surface area contributed by atoms with Gasteiger partial charge < -0.3 is 10.6 Å². The Bertz CT molecular complexity index is 580. The predicted octanol–water partition coefficient (Wildman–Crippen LogP) is 3.50. The molecule has 0 radical (unpaired) electrons. The van der Waals surface area contributed by atoms with Crippen molar-refractivity contribution in [1.82, 2.24) is 15.5 Å². The van der Waals surface area contributed by atoms with Gasteiger partial charge in [0.2, 0.25) is 0 Å². The van der Waals surface area contributed by atoms with Crippen molar-refractivity contribution < 1.29 is 4.39 Å². The van der Waals surface area contributed by atoms with Crippen LogP contribution in [0.15, 0.2) is 27.7 Å². The molecule has 1 heterocycles. The van der Waals surface area contributed by atoms with Crippen LogP contribution in [0.2, 0.25) is 0 Å². The van der Waals surface area contributed by atoms with Crippen molar-refractivity contribution >= 4 is 45.9 Å². The van der Waals surface area contributed by atoms with Crippen LogP contribution in [-0.4, -0.2) is 42.6 Å². The van der Waals surface area contributed by atoms with Gasteiger partial charge in [0.1, 0.15) is 5.82 Å². The van der Waals surface area contributed by atoms with Crippen LogP contribution in [0.4, 0.5) is 4.39 Å². The van der Waals surface area contributed by atoms with E-state index in [0.717, 1.165) is 41.5 Å². The Morgan fingerprint density at radius 2 is 2.17 bits per heavy atom. The number of nitrogens with one attached hydrogen (secondary N) is 2. The third-order valence-corrected chi connectivity index (χ3v) is 5.16. The van der Waals surface area contributed by atoms with Crippen LogP contribution in [-0.2, 0) is 6.54 Å². The molecule has 1 aromatic rings. The monoisotopic (exact) mass is 510 g/mol. The van der Waals surface area contributed by atoms with Crippen molar-refractivity contribution in [3.05, 3.63) is 34.1 Å². The molecule has 7 heteroatoms. The quantitative estimate of drug-likeness (QED) is 0.362. The van der Waals surface area contributed by atoms with Gasteiger partial charge in [0.15, 0.2) is 5.96 Å². The summed E-state index contributed by atoms with van der Waals surface area (Å²) in [5.41, 5.74) is 0.855. The second-order valence-corrected chi connectivity index (χ2v) is 7.14. The minimum atomic E-state index is -0.229. The zero-order chi connectivity index (χ0) is 16.2. The molecular weight excluding hydrogens is 486 g/mol. The molecule has 1 saturated carbocycles. The molecule has 1 atom stereocenters. The second-order valence-electron chi connectivity index (χ2n) is 6.29. The van der Waals surface area contributed by atoms with E-state index in [9.17, 15) is 4.39 Å². The van der Waals surface area contributed by atoms with E-state index in [-0.39, 0.29) is 29.8 Å². The van der Waals surface area contributed by atoms with Gasteiger partial charge in [0, 0.05) is 36.2 Å². The second kappa shape index (κ2) is 9.33. The molecule has 4 nitrogen and oxygen atoms in total. The van der Waals surface area contributed by atoms with E-state index < -0.39 is 0 Å². The van der Waals surface area contributed by atoms with Gasteiger partial charge in [-0.15, -0.1) is 24.0 Å². The highest BCUT2D eigenvalue weighted by Gasteiger charge is 2.34. The first-order chi connectivity index (χ1) is 11.2. The van der Waals surface area contributed by atoms with E-state index in [0.29, 0.717) is 12.6 Å². The summed E-state index contributed by atoms with van der Waals surface area (Å²) in [6, 6.07) is 5.98. The van der Waals surface area contributed by atoms with Gasteiger partial charge in [-0.1, -0.05) is 15.9 Å².